The van der Waals surface area contributed by atoms with E-state index < -0.39 is 5.91 Å². The number of carbonyl (C=O) groups excluding carboxylic acids is 2. The average molecular weight is 233 g/mol. The monoisotopic (exact) mass is 233 g/mol. The van der Waals surface area contributed by atoms with Crippen molar-refractivity contribution < 1.29 is 9.59 Å². The first-order valence-corrected chi connectivity index (χ1v) is 5.11. The molecule has 0 spiro atoms. The van der Waals surface area contributed by atoms with Gasteiger partial charge in [0.15, 0.2) is 0 Å². The smallest absolute Gasteiger partial charge is 0.319 e. The van der Waals surface area contributed by atoms with Gasteiger partial charge in [0.2, 0.25) is 5.91 Å². The average Bonchev–Trinajstić information content (AvgIpc) is 2.28. The van der Waals surface area contributed by atoms with E-state index in [1.165, 1.54) is 0 Å². The molecule has 0 fully saturated rings. The molecule has 0 aliphatic heterocycles. The summed E-state index contributed by atoms with van der Waals surface area (Å²) in [5, 5.41) is 5.15. The third-order valence-electron chi connectivity index (χ3n) is 2.17. The van der Waals surface area contributed by atoms with Crippen molar-refractivity contribution in [3.8, 4) is 0 Å². The standard InChI is InChI=1S/C12H15N3O2/c1-3-6-14-12(17)15-9-5-4-8(2)10(7-9)11(13)16/h3-5,7H,1,6H2,2H3,(H2,13,16)(H2,14,15,17). The Morgan fingerprint density at radius 2 is 2.18 bits per heavy atom. The van der Waals surface area contributed by atoms with Crippen LogP contribution >= 0.6 is 0 Å². The van der Waals surface area contributed by atoms with E-state index in [4.69, 9.17) is 5.73 Å². The first-order chi connectivity index (χ1) is 8.04. The normalized spacial score (nSPS) is 9.47. The molecule has 1 aromatic carbocycles. The summed E-state index contributed by atoms with van der Waals surface area (Å²) in [6, 6.07) is 4.62. The Morgan fingerprint density at radius 1 is 1.47 bits per heavy atom. The lowest BCUT2D eigenvalue weighted by atomic mass is 10.1. The molecule has 0 unspecified atom stereocenters. The molecule has 5 heteroatoms. The van der Waals surface area contributed by atoms with Gasteiger partial charge in [-0.25, -0.2) is 4.79 Å². The summed E-state index contributed by atoms with van der Waals surface area (Å²) < 4.78 is 0. The van der Waals surface area contributed by atoms with E-state index in [-0.39, 0.29) is 6.03 Å². The highest BCUT2D eigenvalue weighted by atomic mass is 16.2. The number of carbonyl (C=O) groups is 2. The highest BCUT2D eigenvalue weighted by Crippen LogP contribution is 2.14. The second-order valence-electron chi connectivity index (χ2n) is 3.52. The minimum atomic E-state index is -0.516. The first kappa shape index (κ1) is 12.8. The number of urea groups is 1. The molecule has 17 heavy (non-hydrogen) atoms. The van der Waals surface area contributed by atoms with Crippen molar-refractivity contribution in [1.82, 2.24) is 5.32 Å². The van der Waals surface area contributed by atoms with Gasteiger partial charge in [0.25, 0.3) is 0 Å². The topological polar surface area (TPSA) is 84.2 Å². The summed E-state index contributed by atoms with van der Waals surface area (Å²) in [5.41, 5.74) is 6.90. The molecule has 0 atom stereocenters. The van der Waals surface area contributed by atoms with Crippen LogP contribution in [0, 0.1) is 6.92 Å². The summed E-state index contributed by atoms with van der Waals surface area (Å²) >= 11 is 0. The molecular formula is C12H15N3O2. The van der Waals surface area contributed by atoms with Crippen LogP contribution in [0.15, 0.2) is 30.9 Å². The summed E-state index contributed by atoms with van der Waals surface area (Å²) in [4.78, 5) is 22.5. The van der Waals surface area contributed by atoms with Crippen molar-refractivity contribution in [3.05, 3.63) is 42.0 Å². The number of rotatable bonds is 4. The lowest BCUT2D eigenvalue weighted by molar-refractivity contribution is 0.0999. The fraction of sp³-hybridized carbons (Fsp3) is 0.167. The molecule has 0 radical (unpaired) electrons. The molecular weight excluding hydrogens is 218 g/mol. The number of aryl methyl sites for hydroxylation is 1. The van der Waals surface area contributed by atoms with Crippen LogP contribution in [-0.4, -0.2) is 18.5 Å². The molecule has 0 saturated carbocycles. The van der Waals surface area contributed by atoms with Crippen molar-refractivity contribution in [2.75, 3.05) is 11.9 Å². The third kappa shape index (κ3) is 3.64. The van der Waals surface area contributed by atoms with Crippen molar-refractivity contribution in [2.45, 2.75) is 6.92 Å². The Morgan fingerprint density at radius 3 is 2.76 bits per heavy atom. The van der Waals surface area contributed by atoms with Crippen molar-refractivity contribution in [1.29, 1.82) is 0 Å². The maximum absolute atomic E-state index is 11.4. The quantitative estimate of drug-likeness (QED) is 0.687. The maximum atomic E-state index is 11.4. The lowest BCUT2D eigenvalue weighted by Crippen LogP contribution is -2.28. The van der Waals surface area contributed by atoms with E-state index in [9.17, 15) is 9.59 Å². The largest absolute Gasteiger partial charge is 0.366 e. The van der Waals surface area contributed by atoms with Gasteiger partial charge in [0.1, 0.15) is 0 Å². The number of benzene rings is 1. The molecule has 0 aliphatic rings. The highest BCUT2D eigenvalue weighted by molar-refractivity contribution is 5.97. The third-order valence-corrected chi connectivity index (χ3v) is 2.17. The predicted octanol–water partition coefficient (Wildman–Crippen LogP) is 1.40. The number of nitrogens with one attached hydrogen (secondary N) is 2. The van der Waals surface area contributed by atoms with Gasteiger partial charge in [0, 0.05) is 17.8 Å². The molecule has 0 aliphatic carbocycles. The van der Waals surface area contributed by atoms with Crippen LogP contribution in [0.25, 0.3) is 0 Å². The zero-order valence-electron chi connectivity index (χ0n) is 9.62. The Hall–Kier alpha value is -2.30. The van der Waals surface area contributed by atoms with Crippen LogP contribution in [-0.2, 0) is 0 Å². The van der Waals surface area contributed by atoms with Gasteiger partial charge >= 0.3 is 6.03 Å². The maximum Gasteiger partial charge on any atom is 0.319 e. The van der Waals surface area contributed by atoms with Gasteiger partial charge in [-0.15, -0.1) is 6.58 Å². The van der Waals surface area contributed by atoms with Crippen molar-refractivity contribution in [2.24, 2.45) is 5.73 Å². The minimum Gasteiger partial charge on any atom is -0.366 e. The molecule has 1 rings (SSSR count). The van der Waals surface area contributed by atoms with E-state index in [0.717, 1.165) is 5.56 Å². The minimum absolute atomic E-state index is 0.357. The SMILES string of the molecule is C=CCNC(=O)Nc1ccc(C)c(C(N)=O)c1. The van der Waals surface area contributed by atoms with E-state index >= 15 is 0 Å². The molecule has 0 aromatic heterocycles. The van der Waals surface area contributed by atoms with Crippen molar-refractivity contribution in [3.63, 3.8) is 0 Å². The van der Waals surface area contributed by atoms with Gasteiger partial charge in [-0.1, -0.05) is 12.1 Å². The Balaban J connectivity index is 2.79. The summed E-state index contributed by atoms with van der Waals surface area (Å²) in [7, 11) is 0. The van der Waals surface area contributed by atoms with Gasteiger partial charge in [-0.05, 0) is 24.6 Å². The fourth-order valence-corrected chi connectivity index (χ4v) is 1.31. The predicted molar refractivity (Wildman–Crippen MR) is 66.9 cm³/mol. The molecule has 0 saturated heterocycles. The molecule has 90 valence electrons. The molecule has 1 aromatic rings. The Kier molecular flexibility index (Phi) is 4.28. The Labute approximate surface area is 99.7 Å². The fourth-order valence-electron chi connectivity index (χ4n) is 1.31. The van der Waals surface area contributed by atoms with Crippen LogP contribution in [0.5, 0.6) is 0 Å². The van der Waals surface area contributed by atoms with Gasteiger partial charge < -0.3 is 16.4 Å². The van der Waals surface area contributed by atoms with Crippen molar-refractivity contribution >= 4 is 17.6 Å². The first-order valence-electron chi connectivity index (χ1n) is 5.11. The molecule has 5 nitrogen and oxygen atoms in total. The van der Waals surface area contributed by atoms with Crippen LogP contribution < -0.4 is 16.4 Å². The molecule has 0 heterocycles. The van der Waals surface area contributed by atoms with Crippen LogP contribution in [0.3, 0.4) is 0 Å². The number of hydrogen-bond acceptors (Lipinski definition) is 2. The highest BCUT2D eigenvalue weighted by Gasteiger charge is 2.07. The van der Waals surface area contributed by atoms with E-state index in [1.54, 1.807) is 31.2 Å². The van der Waals surface area contributed by atoms with E-state index in [1.807, 2.05) is 0 Å². The molecule has 4 N–H and O–H groups in total. The Bertz CT molecular complexity index is 455. The molecule has 3 amide bonds. The van der Waals surface area contributed by atoms with Crippen LogP contribution in [0.4, 0.5) is 10.5 Å². The van der Waals surface area contributed by atoms with E-state index in [0.29, 0.717) is 17.8 Å². The number of primary amides is 1. The number of anilines is 1. The number of amides is 3. The molecule has 0 bridgehead atoms. The second kappa shape index (κ2) is 5.69. The van der Waals surface area contributed by atoms with Crippen LogP contribution in [0.1, 0.15) is 15.9 Å². The number of hydrogen-bond donors (Lipinski definition) is 3. The zero-order chi connectivity index (χ0) is 12.8. The zero-order valence-corrected chi connectivity index (χ0v) is 9.62. The number of nitrogens with two attached hydrogens (primary N) is 1. The van der Waals surface area contributed by atoms with Crippen LogP contribution in [0.2, 0.25) is 0 Å². The van der Waals surface area contributed by atoms with Gasteiger partial charge in [-0.3, -0.25) is 4.79 Å². The summed E-state index contributed by atoms with van der Waals surface area (Å²) in [6.07, 6.45) is 1.57. The lowest BCUT2D eigenvalue weighted by Gasteiger charge is -2.08. The van der Waals surface area contributed by atoms with Gasteiger partial charge in [-0.2, -0.15) is 0 Å². The summed E-state index contributed by atoms with van der Waals surface area (Å²) in [6.45, 7) is 5.64. The van der Waals surface area contributed by atoms with Gasteiger partial charge in [0.05, 0.1) is 0 Å². The van der Waals surface area contributed by atoms with E-state index in [2.05, 4.69) is 17.2 Å². The second-order valence-corrected chi connectivity index (χ2v) is 3.52. The summed E-state index contributed by atoms with van der Waals surface area (Å²) in [5.74, 6) is -0.516.